The maximum atomic E-state index is 12.7. The average molecular weight is 313 g/mol. The van der Waals surface area contributed by atoms with Crippen LogP contribution in [0, 0.1) is 0 Å². The molecule has 5 nitrogen and oxygen atoms in total. The van der Waals surface area contributed by atoms with Gasteiger partial charge in [0.15, 0.2) is 0 Å². The zero-order chi connectivity index (χ0) is 15.8. The number of hydrogen-bond donors (Lipinski definition) is 1. The van der Waals surface area contributed by atoms with Crippen LogP contribution in [0.5, 0.6) is 0 Å². The number of nitrogens with one attached hydrogen (secondary N) is 1. The van der Waals surface area contributed by atoms with Gasteiger partial charge < -0.3 is 15.1 Å². The highest BCUT2D eigenvalue weighted by Crippen LogP contribution is 2.37. The van der Waals surface area contributed by atoms with Crippen LogP contribution in [0.2, 0.25) is 0 Å². The van der Waals surface area contributed by atoms with Gasteiger partial charge in [0, 0.05) is 25.2 Å². The molecule has 122 valence electrons. The highest BCUT2D eigenvalue weighted by molar-refractivity contribution is 6.06. The second-order valence-corrected chi connectivity index (χ2v) is 6.78. The molecule has 3 aliphatic heterocycles. The van der Waals surface area contributed by atoms with Crippen molar-refractivity contribution in [3.8, 4) is 0 Å². The number of hydrogen-bond acceptors (Lipinski definition) is 3. The molecule has 4 rings (SSSR count). The van der Waals surface area contributed by atoms with Gasteiger partial charge in [-0.15, -0.1) is 0 Å². The van der Waals surface area contributed by atoms with Crippen molar-refractivity contribution in [1.82, 2.24) is 4.90 Å². The molecule has 3 heterocycles. The Kier molecular flexibility index (Phi) is 3.71. The fourth-order valence-corrected chi connectivity index (χ4v) is 4.02. The van der Waals surface area contributed by atoms with E-state index in [0.717, 1.165) is 56.7 Å². The molecule has 0 radical (unpaired) electrons. The quantitative estimate of drug-likeness (QED) is 0.867. The Labute approximate surface area is 136 Å². The van der Waals surface area contributed by atoms with Crippen molar-refractivity contribution < 1.29 is 9.59 Å². The monoisotopic (exact) mass is 313 g/mol. The van der Waals surface area contributed by atoms with Crippen LogP contribution in [0.4, 0.5) is 11.4 Å². The maximum absolute atomic E-state index is 12.7. The van der Waals surface area contributed by atoms with Gasteiger partial charge in [-0.1, -0.05) is 12.8 Å². The summed E-state index contributed by atoms with van der Waals surface area (Å²) in [6.07, 6.45) is 6.55. The van der Waals surface area contributed by atoms with E-state index < -0.39 is 0 Å². The standard InChI is InChI=1S/C18H23N3O2/c22-17-16-6-5-11-21(16)15-8-7-13(12-14(15)19-17)18(23)20-9-3-1-2-4-10-20/h7-8,12,16H,1-6,9-11H2,(H,19,22). The van der Waals surface area contributed by atoms with E-state index in [0.29, 0.717) is 5.56 Å². The van der Waals surface area contributed by atoms with Crippen molar-refractivity contribution in [1.29, 1.82) is 0 Å². The zero-order valence-corrected chi connectivity index (χ0v) is 13.4. The maximum Gasteiger partial charge on any atom is 0.253 e. The second kappa shape index (κ2) is 5.87. The lowest BCUT2D eigenvalue weighted by atomic mass is 10.1. The van der Waals surface area contributed by atoms with Gasteiger partial charge in [-0.05, 0) is 43.9 Å². The molecule has 1 aromatic rings. The Morgan fingerprint density at radius 3 is 2.61 bits per heavy atom. The van der Waals surface area contributed by atoms with E-state index >= 15 is 0 Å². The summed E-state index contributed by atoms with van der Waals surface area (Å²) in [6, 6.07) is 5.74. The minimum Gasteiger partial charge on any atom is -0.358 e. The Morgan fingerprint density at radius 2 is 1.83 bits per heavy atom. The predicted octanol–water partition coefficient (Wildman–Crippen LogP) is 2.62. The molecule has 1 unspecified atom stereocenters. The van der Waals surface area contributed by atoms with Crippen molar-refractivity contribution in [2.24, 2.45) is 0 Å². The van der Waals surface area contributed by atoms with Crippen LogP contribution in [0.1, 0.15) is 48.9 Å². The molecule has 2 fully saturated rings. The lowest BCUT2D eigenvalue weighted by Gasteiger charge is -2.33. The summed E-state index contributed by atoms with van der Waals surface area (Å²) in [6.45, 7) is 2.61. The Balaban J connectivity index is 1.60. The Bertz CT molecular complexity index is 635. The summed E-state index contributed by atoms with van der Waals surface area (Å²) in [4.78, 5) is 29.1. The SMILES string of the molecule is O=C1Nc2cc(C(=O)N3CCCCCC3)ccc2N2CCCC12. The van der Waals surface area contributed by atoms with Crippen LogP contribution in [0.3, 0.4) is 0 Å². The summed E-state index contributed by atoms with van der Waals surface area (Å²) in [7, 11) is 0. The van der Waals surface area contributed by atoms with E-state index in [-0.39, 0.29) is 17.9 Å². The molecule has 2 amide bonds. The molecule has 0 bridgehead atoms. The average Bonchev–Trinajstić information content (AvgIpc) is 2.90. The van der Waals surface area contributed by atoms with Gasteiger partial charge in [0.25, 0.3) is 5.91 Å². The molecule has 1 N–H and O–H groups in total. The number of nitrogens with zero attached hydrogens (tertiary/aromatic N) is 2. The van der Waals surface area contributed by atoms with Gasteiger partial charge in [0.1, 0.15) is 6.04 Å². The summed E-state index contributed by atoms with van der Waals surface area (Å²) < 4.78 is 0. The summed E-state index contributed by atoms with van der Waals surface area (Å²) in [5, 5.41) is 2.99. The molecule has 0 saturated carbocycles. The number of anilines is 2. The van der Waals surface area contributed by atoms with Gasteiger partial charge in [0.05, 0.1) is 11.4 Å². The molecule has 0 aromatic heterocycles. The minimum atomic E-state index is -0.0327. The number of rotatable bonds is 1. The molecule has 1 aromatic carbocycles. The highest BCUT2D eigenvalue weighted by Gasteiger charge is 2.36. The number of benzene rings is 1. The smallest absolute Gasteiger partial charge is 0.253 e. The summed E-state index contributed by atoms with van der Waals surface area (Å²) in [5.74, 6) is 0.155. The molecule has 1 atom stereocenters. The second-order valence-electron chi connectivity index (χ2n) is 6.78. The number of likely N-dealkylation sites (tertiary alicyclic amines) is 1. The van der Waals surface area contributed by atoms with Gasteiger partial charge in [-0.25, -0.2) is 0 Å². The lowest BCUT2D eigenvalue weighted by Crippen LogP contribution is -2.44. The molecule has 2 saturated heterocycles. The van der Waals surface area contributed by atoms with Crippen molar-refractivity contribution in [2.45, 2.75) is 44.6 Å². The molecule has 0 aliphatic carbocycles. The topological polar surface area (TPSA) is 52.7 Å². The van der Waals surface area contributed by atoms with Gasteiger partial charge in [-0.3, -0.25) is 9.59 Å². The lowest BCUT2D eigenvalue weighted by molar-refractivity contribution is -0.117. The Hall–Kier alpha value is -2.04. The predicted molar refractivity (Wildman–Crippen MR) is 89.8 cm³/mol. The third kappa shape index (κ3) is 2.58. The van der Waals surface area contributed by atoms with Crippen LogP contribution in [0.25, 0.3) is 0 Å². The van der Waals surface area contributed by atoms with E-state index in [9.17, 15) is 9.59 Å². The highest BCUT2D eigenvalue weighted by atomic mass is 16.2. The van der Waals surface area contributed by atoms with Crippen molar-refractivity contribution in [2.75, 3.05) is 29.9 Å². The third-order valence-corrected chi connectivity index (χ3v) is 5.26. The van der Waals surface area contributed by atoms with Gasteiger partial charge in [-0.2, -0.15) is 0 Å². The first-order valence-electron chi connectivity index (χ1n) is 8.75. The molecule has 0 spiro atoms. The first-order chi connectivity index (χ1) is 11.2. The van der Waals surface area contributed by atoms with Gasteiger partial charge >= 0.3 is 0 Å². The van der Waals surface area contributed by atoms with Gasteiger partial charge in [0.2, 0.25) is 5.91 Å². The van der Waals surface area contributed by atoms with Crippen LogP contribution < -0.4 is 10.2 Å². The molecule has 23 heavy (non-hydrogen) atoms. The van der Waals surface area contributed by atoms with Crippen LogP contribution >= 0.6 is 0 Å². The minimum absolute atomic E-state index is 0.0327. The number of amides is 2. The van der Waals surface area contributed by atoms with Crippen LogP contribution in [-0.2, 0) is 4.79 Å². The molecular formula is C18H23N3O2. The van der Waals surface area contributed by atoms with Crippen LogP contribution in [0.15, 0.2) is 18.2 Å². The third-order valence-electron chi connectivity index (χ3n) is 5.26. The first-order valence-corrected chi connectivity index (χ1v) is 8.75. The number of carbonyl (C=O) groups is 2. The van der Waals surface area contributed by atoms with E-state index in [1.54, 1.807) is 0 Å². The van der Waals surface area contributed by atoms with E-state index in [2.05, 4.69) is 10.2 Å². The van der Waals surface area contributed by atoms with E-state index in [1.807, 2.05) is 23.1 Å². The Morgan fingerprint density at radius 1 is 1.04 bits per heavy atom. The summed E-state index contributed by atoms with van der Waals surface area (Å²) in [5.41, 5.74) is 2.52. The first kappa shape index (κ1) is 14.5. The van der Waals surface area contributed by atoms with Crippen molar-refractivity contribution >= 4 is 23.2 Å². The molecule has 3 aliphatic rings. The van der Waals surface area contributed by atoms with E-state index in [1.165, 1.54) is 12.8 Å². The van der Waals surface area contributed by atoms with Crippen molar-refractivity contribution in [3.63, 3.8) is 0 Å². The number of fused-ring (bicyclic) bond motifs is 3. The van der Waals surface area contributed by atoms with Crippen LogP contribution in [-0.4, -0.2) is 42.4 Å². The summed E-state index contributed by atoms with van der Waals surface area (Å²) >= 11 is 0. The normalized spacial score (nSPS) is 23.8. The molecular weight excluding hydrogens is 290 g/mol. The number of carbonyl (C=O) groups excluding carboxylic acids is 2. The zero-order valence-electron chi connectivity index (χ0n) is 13.4. The van der Waals surface area contributed by atoms with E-state index in [4.69, 9.17) is 0 Å². The van der Waals surface area contributed by atoms with Crippen molar-refractivity contribution in [3.05, 3.63) is 23.8 Å². The molecule has 5 heteroatoms. The largest absolute Gasteiger partial charge is 0.358 e. The fraction of sp³-hybridized carbons (Fsp3) is 0.556. The fourth-order valence-electron chi connectivity index (χ4n) is 4.02.